The molecule has 5 nitrogen and oxygen atoms in total. The Labute approximate surface area is 118 Å². The molecule has 0 heterocycles. The Balaban J connectivity index is 2.15. The first-order valence-electron chi connectivity index (χ1n) is 6.74. The molecule has 5 heteroatoms. The second-order valence-electron chi connectivity index (χ2n) is 5.26. The van der Waals surface area contributed by atoms with Crippen molar-refractivity contribution < 1.29 is 9.90 Å². The second kappa shape index (κ2) is 5.93. The number of hydrogen-bond acceptors (Lipinski definition) is 4. The molecule has 1 aromatic rings. The van der Waals surface area contributed by atoms with Crippen LogP contribution >= 0.6 is 0 Å². The minimum atomic E-state index is -0.647. The lowest BCUT2D eigenvalue weighted by atomic mass is 10.0. The molecule has 1 fully saturated rings. The number of nitriles is 1. The van der Waals surface area contributed by atoms with E-state index in [-0.39, 0.29) is 12.5 Å². The third-order valence-electron chi connectivity index (χ3n) is 3.34. The number of amides is 1. The van der Waals surface area contributed by atoms with Crippen LogP contribution in [0.25, 0.3) is 0 Å². The maximum atomic E-state index is 11.8. The topological polar surface area (TPSA) is 76.4 Å². The van der Waals surface area contributed by atoms with Crippen molar-refractivity contribution in [2.45, 2.75) is 31.9 Å². The average Bonchev–Trinajstić information content (AvgIpc) is 3.21. The Morgan fingerprint density at radius 2 is 2.30 bits per heavy atom. The van der Waals surface area contributed by atoms with Gasteiger partial charge in [-0.15, -0.1) is 0 Å². The van der Waals surface area contributed by atoms with Gasteiger partial charge in [-0.05, 0) is 31.9 Å². The van der Waals surface area contributed by atoms with Crippen molar-refractivity contribution >= 4 is 11.6 Å². The van der Waals surface area contributed by atoms with Gasteiger partial charge in [-0.1, -0.05) is 6.07 Å². The van der Waals surface area contributed by atoms with Gasteiger partial charge >= 0.3 is 0 Å². The number of carbonyl (C=O) groups is 1. The summed E-state index contributed by atoms with van der Waals surface area (Å²) in [6.07, 6.45) is 1.46. The van der Waals surface area contributed by atoms with E-state index in [0.717, 1.165) is 12.8 Å². The number of nitrogens with one attached hydrogen (secondary N) is 1. The standard InChI is InChI=1S/C15H19N3O2/c1-10(19)13-6-3-11(8-16)7-14(13)18(2)9-15(20)17-12-4-5-12/h3,6-7,10,12,19H,4-5,9H2,1-2H3,(H,17,20). The van der Waals surface area contributed by atoms with E-state index >= 15 is 0 Å². The van der Waals surface area contributed by atoms with Gasteiger partial charge in [0.15, 0.2) is 0 Å². The molecule has 0 aliphatic heterocycles. The number of carbonyl (C=O) groups excluding carboxylic acids is 1. The van der Waals surface area contributed by atoms with Crippen LogP contribution in [0.2, 0.25) is 0 Å². The molecule has 1 aliphatic rings. The molecular formula is C15H19N3O2. The number of aliphatic hydroxyl groups is 1. The monoisotopic (exact) mass is 273 g/mol. The first-order valence-corrected chi connectivity index (χ1v) is 6.74. The third kappa shape index (κ3) is 3.49. The van der Waals surface area contributed by atoms with Gasteiger partial charge in [-0.25, -0.2) is 0 Å². The fourth-order valence-corrected chi connectivity index (χ4v) is 2.10. The van der Waals surface area contributed by atoms with E-state index in [2.05, 4.69) is 11.4 Å². The molecule has 1 saturated carbocycles. The van der Waals surface area contributed by atoms with Crippen LogP contribution in [-0.4, -0.2) is 30.6 Å². The van der Waals surface area contributed by atoms with E-state index in [4.69, 9.17) is 5.26 Å². The smallest absolute Gasteiger partial charge is 0.239 e. The van der Waals surface area contributed by atoms with E-state index in [0.29, 0.717) is 22.9 Å². The summed E-state index contributed by atoms with van der Waals surface area (Å²) in [5, 5.41) is 21.7. The summed E-state index contributed by atoms with van der Waals surface area (Å²) in [4.78, 5) is 13.6. The highest BCUT2D eigenvalue weighted by Gasteiger charge is 2.24. The van der Waals surface area contributed by atoms with Crippen LogP contribution in [0, 0.1) is 11.3 Å². The van der Waals surface area contributed by atoms with Gasteiger partial charge in [0, 0.05) is 24.3 Å². The molecule has 20 heavy (non-hydrogen) atoms. The van der Waals surface area contributed by atoms with Crippen LogP contribution in [0.4, 0.5) is 5.69 Å². The van der Waals surface area contributed by atoms with Gasteiger partial charge in [-0.3, -0.25) is 4.79 Å². The Morgan fingerprint density at radius 3 is 2.85 bits per heavy atom. The van der Waals surface area contributed by atoms with Gasteiger partial charge < -0.3 is 15.3 Å². The molecule has 2 N–H and O–H groups in total. The summed E-state index contributed by atoms with van der Waals surface area (Å²) < 4.78 is 0. The molecular weight excluding hydrogens is 254 g/mol. The molecule has 1 atom stereocenters. The highest BCUT2D eigenvalue weighted by Crippen LogP contribution is 2.27. The normalized spacial score (nSPS) is 15.3. The zero-order valence-corrected chi connectivity index (χ0v) is 11.8. The summed E-state index contributed by atoms with van der Waals surface area (Å²) in [6.45, 7) is 1.88. The highest BCUT2D eigenvalue weighted by atomic mass is 16.3. The Bertz CT molecular complexity index is 545. The van der Waals surface area contributed by atoms with Crippen LogP contribution in [-0.2, 0) is 4.79 Å². The van der Waals surface area contributed by atoms with Crippen molar-refractivity contribution in [2.75, 3.05) is 18.5 Å². The van der Waals surface area contributed by atoms with Gasteiger partial charge in [0.1, 0.15) is 0 Å². The molecule has 2 rings (SSSR count). The number of rotatable bonds is 5. The van der Waals surface area contributed by atoms with Crippen molar-refractivity contribution in [1.29, 1.82) is 5.26 Å². The number of hydrogen-bond donors (Lipinski definition) is 2. The summed E-state index contributed by atoms with van der Waals surface area (Å²) in [5.41, 5.74) is 1.94. The first-order chi connectivity index (χ1) is 9.51. The predicted molar refractivity (Wildman–Crippen MR) is 76.2 cm³/mol. The van der Waals surface area contributed by atoms with E-state index < -0.39 is 6.10 Å². The van der Waals surface area contributed by atoms with E-state index in [1.165, 1.54) is 0 Å². The number of likely N-dealkylation sites (N-methyl/N-ethyl adjacent to an activating group) is 1. The molecule has 0 bridgehead atoms. The molecule has 106 valence electrons. The second-order valence-corrected chi connectivity index (χ2v) is 5.26. The molecule has 0 saturated heterocycles. The van der Waals surface area contributed by atoms with Crippen LogP contribution in [0.5, 0.6) is 0 Å². The van der Waals surface area contributed by atoms with Crippen LogP contribution in [0.1, 0.15) is 37.0 Å². The largest absolute Gasteiger partial charge is 0.389 e. The number of benzene rings is 1. The minimum absolute atomic E-state index is 0.0334. The Kier molecular flexibility index (Phi) is 4.26. The third-order valence-corrected chi connectivity index (χ3v) is 3.34. The molecule has 1 aliphatic carbocycles. The van der Waals surface area contributed by atoms with Gasteiger partial charge in [0.2, 0.25) is 5.91 Å². The maximum Gasteiger partial charge on any atom is 0.239 e. The predicted octanol–water partition coefficient (Wildman–Crippen LogP) is 1.33. The zero-order valence-electron chi connectivity index (χ0n) is 11.8. The molecule has 1 amide bonds. The van der Waals surface area contributed by atoms with Crippen molar-refractivity contribution in [3.8, 4) is 6.07 Å². The van der Waals surface area contributed by atoms with Gasteiger partial charge in [0.25, 0.3) is 0 Å². The van der Waals surface area contributed by atoms with E-state index in [1.807, 2.05) is 0 Å². The highest BCUT2D eigenvalue weighted by molar-refractivity contribution is 5.82. The molecule has 1 aromatic carbocycles. The maximum absolute atomic E-state index is 11.8. The molecule has 1 unspecified atom stereocenters. The molecule has 0 spiro atoms. The van der Waals surface area contributed by atoms with E-state index in [1.54, 1.807) is 37.1 Å². The van der Waals surface area contributed by atoms with Crippen molar-refractivity contribution in [3.63, 3.8) is 0 Å². The van der Waals surface area contributed by atoms with Crippen LogP contribution in [0.15, 0.2) is 18.2 Å². The molecule has 0 radical (unpaired) electrons. The number of anilines is 1. The van der Waals surface area contributed by atoms with E-state index in [9.17, 15) is 9.90 Å². The Morgan fingerprint density at radius 1 is 1.60 bits per heavy atom. The summed E-state index contributed by atoms with van der Waals surface area (Å²) in [5.74, 6) is -0.0334. The zero-order chi connectivity index (χ0) is 14.7. The summed E-state index contributed by atoms with van der Waals surface area (Å²) >= 11 is 0. The lowest BCUT2D eigenvalue weighted by Crippen LogP contribution is -2.36. The minimum Gasteiger partial charge on any atom is -0.389 e. The first kappa shape index (κ1) is 14.4. The number of nitrogens with zero attached hydrogens (tertiary/aromatic N) is 2. The van der Waals surface area contributed by atoms with Crippen molar-refractivity contribution in [3.05, 3.63) is 29.3 Å². The molecule has 0 aromatic heterocycles. The van der Waals surface area contributed by atoms with Crippen LogP contribution in [0.3, 0.4) is 0 Å². The quantitative estimate of drug-likeness (QED) is 0.848. The van der Waals surface area contributed by atoms with Gasteiger partial charge in [-0.2, -0.15) is 5.26 Å². The van der Waals surface area contributed by atoms with Gasteiger partial charge in [0.05, 0.1) is 24.3 Å². The number of aliphatic hydroxyl groups excluding tert-OH is 1. The SMILES string of the molecule is CC(O)c1ccc(C#N)cc1N(C)CC(=O)NC1CC1. The average molecular weight is 273 g/mol. The van der Waals surface area contributed by atoms with Crippen LogP contribution < -0.4 is 10.2 Å². The fourth-order valence-electron chi connectivity index (χ4n) is 2.10. The lowest BCUT2D eigenvalue weighted by Gasteiger charge is -2.23. The van der Waals surface area contributed by atoms with Crippen molar-refractivity contribution in [2.24, 2.45) is 0 Å². The Hall–Kier alpha value is -2.06. The summed E-state index contributed by atoms with van der Waals surface area (Å²) in [7, 11) is 1.79. The van der Waals surface area contributed by atoms with Crippen molar-refractivity contribution in [1.82, 2.24) is 5.32 Å². The summed E-state index contributed by atoms with van der Waals surface area (Å²) in [6, 6.07) is 7.51. The lowest BCUT2D eigenvalue weighted by molar-refractivity contribution is -0.119. The fraction of sp³-hybridized carbons (Fsp3) is 0.467.